The summed E-state index contributed by atoms with van der Waals surface area (Å²) in [6.45, 7) is 0. The van der Waals surface area contributed by atoms with Gasteiger partial charge in [-0.05, 0) is 69.3 Å². The lowest BCUT2D eigenvalue weighted by atomic mass is 9.65. The summed E-state index contributed by atoms with van der Waals surface area (Å²) in [5, 5.41) is 2.62. The van der Waals surface area contributed by atoms with Crippen molar-refractivity contribution in [3.63, 3.8) is 0 Å². The van der Waals surface area contributed by atoms with Crippen LogP contribution in [0.25, 0.3) is 87.5 Å². The quantitative estimate of drug-likeness (QED) is 0.173. The molecule has 9 aromatic carbocycles. The van der Waals surface area contributed by atoms with E-state index in [4.69, 9.17) is 14.7 Å². The highest BCUT2D eigenvalue weighted by molar-refractivity contribution is 7.25. The van der Waals surface area contributed by atoms with Crippen LogP contribution >= 0.6 is 11.3 Å². The largest absolute Gasteiger partial charge is 0.456 e. The molecule has 0 amide bonds. The number of para-hydroxylation sites is 2. The third-order valence-electron chi connectivity index (χ3n) is 13.0. The van der Waals surface area contributed by atoms with Crippen LogP contribution in [0, 0.1) is 0 Å². The zero-order valence-electron chi connectivity index (χ0n) is 34.0. The number of thiophene rings is 1. The van der Waals surface area contributed by atoms with Gasteiger partial charge in [-0.3, -0.25) is 0 Å². The van der Waals surface area contributed by atoms with E-state index in [1.54, 1.807) is 0 Å². The SMILES string of the molecule is c1ccc(-c2cc(-c3ccc(-c4ccc5c(c4)sc4ccccc45)cc3)nc(-c3cccc(-c4cccc5c4Oc4ccccc4C54c5ccccc5-c5ccccc54)c3)n2)cc1. The number of fused-ring (bicyclic) bond motifs is 12. The van der Waals surface area contributed by atoms with Crippen molar-refractivity contribution in [1.29, 1.82) is 0 Å². The van der Waals surface area contributed by atoms with Crippen LogP contribution in [0.3, 0.4) is 0 Å². The second kappa shape index (κ2) is 14.1. The number of aromatic nitrogens is 2. The maximum Gasteiger partial charge on any atom is 0.160 e. The van der Waals surface area contributed by atoms with Gasteiger partial charge in [0.05, 0.1) is 16.8 Å². The van der Waals surface area contributed by atoms with Crippen molar-refractivity contribution in [3.05, 3.63) is 241 Å². The van der Waals surface area contributed by atoms with Gasteiger partial charge in [0.25, 0.3) is 0 Å². The van der Waals surface area contributed by atoms with Crippen molar-refractivity contribution in [1.82, 2.24) is 9.97 Å². The third kappa shape index (κ3) is 5.52. The average molecular weight is 821 g/mol. The molecule has 0 saturated carbocycles. The number of nitrogens with zero attached hydrogens (tertiary/aromatic N) is 2. The molecular weight excluding hydrogens is 785 g/mol. The lowest BCUT2D eigenvalue weighted by molar-refractivity contribution is 0.438. The molecule has 3 nitrogen and oxygen atoms in total. The normalized spacial score (nSPS) is 13.0. The molecule has 1 aliphatic carbocycles. The average Bonchev–Trinajstić information content (AvgIpc) is 3.88. The molecule has 294 valence electrons. The third-order valence-corrected chi connectivity index (χ3v) is 14.1. The molecule has 11 aromatic rings. The van der Waals surface area contributed by atoms with E-state index in [0.717, 1.165) is 61.8 Å². The first-order valence-electron chi connectivity index (χ1n) is 21.4. The fraction of sp³-hybridized carbons (Fsp3) is 0.0169. The van der Waals surface area contributed by atoms with E-state index < -0.39 is 5.41 Å². The van der Waals surface area contributed by atoms with E-state index in [0.29, 0.717) is 5.82 Å². The smallest absolute Gasteiger partial charge is 0.160 e. The molecule has 3 heterocycles. The van der Waals surface area contributed by atoms with Crippen LogP contribution in [-0.4, -0.2) is 9.97 Å². The molecule has 0 unspecified atom stereocenters. The first-order valence-corrected chi connectivity index (χ1v) is 22.2. The lowest BCUT2D eigenvalue weighted by Gasteiger charge is -2.40. The number of rotatable bonds is 5. The summed E-state index contributed by atoms with van der Waals surface area (Å²) in [4.78, 5) is 10.5. The summed E-state index contributed by atoms with van der Waals surface area (Å²) in [6.07, 6.45) is 0. The number of hydrogen-bond donors (Lipinski definition) is 0. The highest BCUT2D eigenvalue weighted by Crippen LogP contribution is 2.63. The van der Waals surface area contributed by atoms with Crippen molar-refractivity contribution < 1.29 is 4.74 Å². The maximum atomic E-state index is 7.02. The van der Waals surface area contributed by atoms with Gasteiger partial charge in [-0.15, -0.1) is 11.3 Å². The summed E-state index contributed by atoms with van der Waals surface area (Å²) in [6, 6.07) is 78.2. The van der Waals surface area contributed by atoms with Gasteiger partial charge in [0.15, 0.2) is 5.82 Å². The summed E-state index contributed by atoms with van der Waals surface area (Å²) in [5.74, 6) is 2.40. The fourth-order valence-corrected chi connectivity index (χ4v) is 11.3. The van der Waals surface area contributed by atoms with Crippen LogP contribution < -0.4 is 4.74 Å². The van der Waals surface area contributed by atoms with Crippen LogP contribution in [0.1, 0.15) is 22.3 Å². The highest BCUT2D eigenvalue weighted by Gasteiger charge is 2.51. The van der Waals surface area contributed by atoms with Crippen molar-refractivity contribution in [2.24, 2.45) is 0 Å². The molecular formula is C59H36N2OS. The summed E-state index contributed by atoms with van der Waals surface area (Å²) in [7, 11) is 0. The molecule has 0 radical (unpaired) electrons. The van der Waals surface area contributed by atoms with Crippen LogP contribution in [0.4, 0.5) is 0 Å². The first kappa shape index (κ1) is 35.8. The Morgan fingerprint density at radius 3 is 1.70 bits per heavy atom. The van der Waals surface area contributed by atoms with E-state index in [2.05, 4.69) is 212 Å². The zero-order chi connectivity index (χ0) is 41.5. The van der Waals surface area contributed by atoms with Gasteiger partial charge in [0.2, 0.25) is 0 Å². The molecule has 2 aliphatic rings. The van der Waals surface area contributed by atoms with Gasteiger partial charge in [-0.25, -0.2) is 9.97 Å². The molecule has 2 aromatic heterocycles. The molecule has 63 heavy (non-hydrogen) atoms. The summed E-state index contributed by atoms with van der Waals surface area (Å²) in [5.41, 5.74) is 16.0. The Hall–Kier alpha value is -7.92. The Bertz CT molecular complexity index is 3560. The van der Waals surface area contributed by atoms with E-state index in [-0.39, 0.29) is 0 Å². The van der Waals surface area contributed by atoms with Gasteiger partial charge in [0, 0.05) is 53.6 Å². The zero-order valence-corrected chi connectivity index (χ0v) is 34.8. The number of hydrogen-bond acceptors (Lipinski definition) is 4. The molecule has 0 N–H and O–H groups in total. The van der Waals surface area contributed by atoms with Crippen molar-refractivity contribution >= 4 is 31.5 Å². The minimum absolute atomic E-state index is 0.534. The second-order valence-electron chi connectivity index (χ2n) is 16.4. The molecule has 0 bridgehead atoms. The van der Waals surface area contributed by atoms with Gasteiger partial charge in [-0.2, -0.15) is 0 Å². The van der Waals surface area contributed by atoms with E-state index in [9.17, 15) is 0 Å². The van der Waals surface area contributed by atoms with Crippen LogP contribution in [0.5, 0.6) is 11.5 Å². The molecule has 0 fully saturated rings. The molecule has 1 aliphatic heterocycles. The Kier molecular flexibility index (Phi) is 7.99. The van der Waals surface area contributed by atoms with Gasteiger partial charge >= 0.3 is 0 Å². The molecule has 0 saturated heterocycles. The monoisotopic (exact) mass is 820 g/mol. The molecule has 13 rings (SSSR count). The van der Waals surface area contributed by atoms with Crippen LogP contribution in [0.15, 0.2) is 218 Å². The minimum atomic E-state index is -0.534. The Morgan fingerprint density at radius 2 is 0.905 bits per heavy atom. The van der Waals surface area contributed by atoms with E-state index in [1.807, 2.05) is 17.4 Å². The topological polar surface area (TPSA) is 35.0 Å². The van der Waals surface area contributed by atoms with E-state index in [1.165, 1.54) is 53.6 Å². The number of benzene rings is 9. The lowest BCUT2D eigenvalue weighted by Crippen LogP contribution is -2.32. The fourth-order valence-electron chi connectivity index (χ4n) is 10.2. The van der Waals surface area contributed by atoms with Crippen LogP contribution in [-0.2, 0) is 5.41 Å². The Balaban J connectivity index is 0.925. The van der Waals surface area contributed by atoms with Crippen molar-refractivity contribution in [2.75, 3.05) is 0 Å². The van der Waals surface area contributed by atoms with Crippen molar-refractivity contribution in [2.45, 2.75) is 5.41 Å². The standard InChI is InChI=1S/C59H36N2OS/c1-2-14-38(15-3-1)52-36-53(39-30-28-37(29-31-39)40-32-33-47-46-20-6-11-27-55(46)63-56(47)35-40)61-58(60-52)42-17-12-16-41(34-42)43-21-13-25-51-57(43)62-54-26-10-9-24-50(54)59(51)48-22-7-4-18-44(48)45-19-5-8-23-49(45)59/h1-36H. The molecule has 4 heteroatoms. The summed E-state index contributed by atoms with van der Waals surface area (Å²) >= 11 is 1.85. The predicted octanol–water partition coefficient (Wildman–Crippen LogP) is 15.6. The predicted molar refractivity (Wildman–Crippen MR) is 259 cm³/mol. The Labute approximate surface area is 369 Å². The number of ether oxygens (including phenoxy) is 1. The molecule has 1 spiro atoms. The van der Waals surface area contributed by atoms with Gasteiger partial charge < -0.3 is 4.74 Å². The van der Waals surface area contributed by atoms with Crippen molar-refractivity contribution in [3.8, 4) is 78.8 Å². The highest BCUT2D eigenvalue weighted by atomic mass is 32.1. The first-order chi connectivity index (χ1) is 31.2. The maximum absolute atomic E-state index is 7.02. The van der Waals surface area contributed by atoms with E-state index >= 15 is 0 Å². The second-order valence-corrected chi connectivity index (χ2v) is 17.5. The van der Waals surface area contributed by atoms with Gasteiger partial charge in [0.1, 0.15) is 11.5 Å². The minimum Gasteiger partial charge on any atom is -0.456 e. The van der Waals surface area contributed by atoms with Crippen LogP contribution in [0.2, 0.25) is 0 Å². The Morgan fingerprint density at radius 1 is 0.349 bits per heavy atom. The summed E-state index contributed by atoms with van der Waals surface area (Å²) < 4.78 is 9.64. The van der Waals surface area contributed by atoms with Gasteiger partial charge in [-0.1, -0.05) is 188 Å². The molecule has 0 atom stereocenters.